The maximum absolute atomic E-state index is 12.5. The van der Waals surface area contributed by atoms with E-state index in [0.29, 0.717) is 26.9 Å². The van der Waals surface area contributed by atoms with Crippen molar-refractivity contribution in [3.05, 3.63) is 57.6 Å². The van der Waals surface area contributed by atoms with Crippen molar-refractivity contribution in [1.82, 2.24) is 5.01 Å². The molecule has 0 bridgehead atoms. The number of amides is 1. The summed E-state index contributed by atoms with van der Waals surface area (Å²) < 4.78 is 0. The van der Waals surface area contributed by atoms with Crippen LogP contribution in [-0.4, -0.2) is 45.1 Å². The van der Waals surface area contributed by atoms with Crippen molar-refractivity contribution in [2.24, 2.45) is 10.2 Å². The van der Waals surface area contributed by atoms with Crippen LogP contribution in [0.1, 0.15) is 30.9 Å². The number of carboxylic acids is 1. The number of nitrogens with zero attached hydrogens (tertiary/aromatic N) is 3. The third-order valence-electron chi connectivity index (χ3n) is 4.60. The lowest BCUT2D eigenvalue weighted by molar-refractivity contribution is -0.137. The summed E-state index contributed by atoms with van der Waals surface area (Å²) in [6.07, 6.45) is 3.58. The molecule has 32 heavy (non-hydrogen) atoms. The number of hydrazone groups is 2. The van der Waals surface area contributed by atoms with E-state index in [1.807, 2.05) is 0 Å². The van der Waals surface area contributed by atoms with Crippen molar-refractivity contribution in [2.45, 2.75) is 19.8 Å². The fourth-order valence-electron chi connectivity index (χ4n) is 2.96. The Morgan fingerprint density at radius 3 is 2.56 bits per heavy atom. The van der Waals surface area contributed by atoms with Gasteiger partial charge in [-0.15, -0.1) is 0 Å². The molecule has 0 unspecified atom stereocenters. The van der Waals surface area contributed by atoms with Crippen molar-refractivity contribution < 1.29 is 19.8 Å². The Hall–Kier alpha value is -3.36. The molecule has 0 fully saturated rings. The number of para-hydroxylation sites is 1. The fraction of sp³-hybridized carbons (Fsp3) is 0.182. The number of benzene rings is 2. The van der Waals surface area contributed by atoms with Crippen LogP contribution >= 0.6 is 23.2 Å². The van der Waals surface area contributed by atoms with E-state index in [4.69, 9.17) is 28.3 Å². The Morgan fingerprint density at radius 2 is 1.88 bits per heavy atom. The van der Waals surface area contributed by atoms with E-state index in [-0.39, 0.29) is 36.5 Å². The normalized spacial score (nSPS) is 15.0. The van der Waals surface area contributed by atoms with Crippen LogP contribution in [0.5, 0.6) is 5.75 Å². The van der Waals surface area contributed by atoms with Crippen LogP contribution in [0.25, 0.3) is 12.2 Å². The lowest BCUT2D eigenvalue weighted by Gasteiger charge is -2.10. The minimum absolute atomic E-state index is 0.0589. The number of carbonyl (C=O) groups is 2. The van der Waals surface area contributed by atoms with Gasteiger partial charge in [0.25, 0.3) is 5.91 Å². The van der Waals surface area contributed by atoms with Gasteiger partial charge in [0.1, 0.15) is 5.75 Å². The Balaban J connectivity index is 1.74. The third-order valence-corrected chi connectivity index (χ3v) is 5.25. The molecule has 1 heterocycles. The molecule has 0 spiro atoms. The average Bonchev–Trinajstić information content (AvgIpc) is 3.00. The monoisotopic (exact) mass is 474 g/mol. The van der Waals surface area contributed by atoms with Gasteiger partial charge in [-0.25, -0.2) is 5.01 Å². The van der Waals surface area contributed by atoms with Crippen LogP contribution in [0, 0.1) is 0 Å². The molecule has 0 atom stereocenters. The Morgan fingerprint density at radius 1 is 1.19 bits per heavy atom. The van der Waals surface area contributed by atoms with E-state index in [0.717, 1.165) is 0 Å². The zero-order valence-electron chi connectivity index (χ0n) is 17.0. The Bertz CT molecular complexity index is 1120. The molecular weight excluding hydrogens is 455 g/mol. The minimum Gasteiger partial charge on any atom is -0.505 e. The highest BCUT2D eigenvalue weighted by molar-refractivity contribution is 6.68. The van der Waals surface area contributed by atoms with Gasteiger partial charge in [-0.2, -0.15) is 10.2 Å². The third kappa shape index (κ3) is 5.46. The van der Waals surface area contributed by atoms with E-state index in [1.165, 1.54) is 5.01 Å². The average molecular weight is 475 g/mol. The molecular formula is C22H20Cl2N4O4. The van der Waals surface area contributed by atoms with Gasteiger partial charge in [0.05, 0.1) is 11.4 Å². The maximum Gasteiger partial charge on any atom is 0.303 e. The van der Waals surface area contributed by atoms with E-state index in [1.54, 1.807) is 55.5 Å². The van der Waals surface area contributed by atoms with Crippen LogP contribution in [-0.2, 0) is 9.59 Å². The van der Waals surface area contributed by atoms with Crippen LogP contribution in [0.3, 0.4) is 0 Å². The molecule has 0 radical (unpaired) electrons. The first kappa shape index (κ1) is 23.3. The molecule has 0 aliphatic carbocycles. The first-order chi connectivity index (χ1) is 15.3. The summed E-state index contributed by atoms with van der Waals surface area (Å²) in [5, 5.41) is 29.7. The first-order valence-corrected chi connectivity index (χ1v) is 10.4. The van der Waals surface area contributed by atoms with E-state index in [9.17, 15) is 14.7 Å². The van der Waals surface area contributed by atoms with Crippen LogP contribution in [0.2, 0.25) is 10.0 Å². The smallest absolute Gasteiger partial charge is 0.303 e. The van der Waals surface area contributed by atoms with Crippen molar-refractivity contribution in [2.75, 3.05) is 12.0 Å². The predicted octanol–water partition coefficient (Wildman–Crippen LogP) is 4.72. The molecule has 1 aliphatic heterocycles. The number of halogens is 2. The number of anilines is 1. The second-order valence-corrected chi connectivity index (χ2v) is 7.71. The van der Waals surface area contributed by atoms with Gasteiger partial charge in [-0.05, 0) is 31.5 Å². The number of nitrogens with one attached hydrogen (secondary N) is 1. The molecule has 2 aromatic carbocycles. The minimum atomic E-state index is -0.936. The molecule has 10 heteroatoms. The lowest BCUT2D eigenvalue weighted by atomic mass is 10.1. The molecule has 0 saturated heterocycles. The van der Waals surface area contributed by atoms with Gasteiger partial charge in [-0.1, -0.05) is 53.6 Å². The molecule has 166 valence electrons. The van der Waals surface area contributed by atoms with E-state index >= 15 is 0 Å². The summed E-state index contributed by atoms with van der Waals surface area (Å²) in [5.74, 6) is -1.45. The molecule has 2 aromatic rings. The van der Waals surface area contributed by atoms with E-state index in [2.05, 4.69) is 15.6 Å². The Kier molecular flexibility index (Phi) is 7.50. The standard InChI is InChI=1S/C22H20Cl2N4O4/c1-13-20(22(32)28(27-13)12-4-9-19(29)30)26-25-18-8-2-5-14(21(18)31)10-11-15-16(23)6-3-7-17(15)24/h2-3,5-8,10-11,25,31H,4,9,12H2,1H3,(H,29,30)/b11-10+,26-20-. The number of carboxylic acid groups (broad SMARTS) is 1. The summed E-state index contributed by atoms with van der Waals surface area (Å²) in [6, 6.07) is 10.2. The van der Waals surface area contributed by atoms with Crippen LogP contribution in [0.4, 0.5) is 5.69 Å². The largest absolute Gasteiger partial charge is 0.505 e. The summed E-state index contributed by atoms with van der Waals surface area (Å²) >= 11 is 12.3. The van der Waals surface area contributed by atoms with Gasteiger partial charge in [0, 0.05) is 34.1 Å². The maximum atomic E-state index is 12.5. The van der Waals surface area contributed by atoms with Gasteiger partial charge in [0.15, 0.2) is 5.71 Å². The van der Waals surface area contributed by atoms with Crippen molar-refractivity contribution in [3.8, 4) is 5.75 Å². The lowest BCUT2D eigenvalue weighted by Crippen LogP contribution is -2.29. The van der Waals surface area contributed by atoms with Crippen molar-refractivity contribution in [3.63, 3.8) is 0 Å². The first-order valence-electron chi connectivity index (χ1n) is 9.65. The van der Waals surface area contributed by atoms with E-state index < -0.39 is 11.9 Å². The summed E-state index contributed by atoms with van der Waals surface area (Å²) in [7, 11) is 0. The molecule has 3 N–H and O–H groups in total. The van der Waals surface area contributed by atoms with Gasteiger partial charge < -0.3 is 10.2 Å². The quantitative estimate of drug-likeness (QED) is 0.290. The van der Waals surface area contributed by atoms with Gasteiger partial charge in [-0.3, -0.25) is 15.0 Å². The zero-order valence-corrected chi connectivity index (χ0v) is 18.6. The Labute approximate surface area is 194 Å². The number of aliphatic carboxylic acids is 1. The number of rotatable bonds is 8. The molecule has 0 saturated carbocycles. The van der Waals surface area contributed by atoms with Crippen LogP contribution in [0.15, 0.2) is 46.6 Å². The molecule has 1 aliphatic rings. The molecule has 1 amide bonds. The highest BCUT2D eigenvalue weighted by atomic mass is 35.5. The summed E-state index contributed by atoms with van der Waals surface area (Å²) in [5.41, 5.74) is 4.58. The number of hydrogen-bond donors (Lipinski definition) is 3. The highest BCUT2D eigenvalue weighted by Crippen LogP contribution is 2.31. The van der Waals surface area contributed by atoms with Gasteiger partial charge in [0.2, 0.25) is 0 Å². The molecule has 3 rings (SSSR count). The number of hydrogen-bond acceptors (Lipinski definition) is 6. The topological polar surface area (TPSA) is 115 Å². The van der Waals surface area contributed by atoms with Gasteiger partial charge >= 0.3 is 5.97 Å². The van der Waals surface area contributed by atoms with Crippen molar-refractivity contribution >= 4 is 64.3 Å². The second kappa shape index (κ2) is 10.3. The van der Waals surface area contributed by atoms with Crippen molar-refractivity contribution in [1.29, 1.82) is 0 Å². The molecule has 8 nitrogen and oxygen atoms in total. The fourth-order valence-corrected chi connectivity index (χ4v) is 3.48. The predicted molar refractivity (Wildman–Crippen MR) is 126 cm³/mol. The summed E-state index contributed by atoms with van der Waals surface area (Å²) in [4.78, 5) is 23.1. The SMILES string of the molecule is CC1=NN(CCCC(=O)O)C(=O)/C1=N\Nc1cccc(/C=C/c2c(Cl)cccc2Cl)c1O. The number of phenolic OH excluding ortho intramolecular Hbond substituents is 1. The van der Waals surface area contributed by atoms with Crippen LogP contribution < -0.4 is 5.43 Å². The summed E-state index contributed by atoms with van der Waals surface area (Å²) in [6.45, 7) is 1.81. The second-order valence-electron chi connectivity index (χ2n) is 6.90. The number of aromatic hydroxyl groups is 1. The zero-order chi connectivity index (χ0) is 23.3. The number of carbonyl (C=O) groups excluding carboxylic acids is 1. The highest BCUT2D eigenvalue weighted by Gasteiger charge is 2.29. The number of phenols is 1. The molecule has 0 aromatic heterocycles.